The number of nitrogens with one attached hydrogen (secondary N) is 1. The highest BCUT2D eigenvalue weighted by atomic mass is 35.5. The Morgan fingerprint density at radius 2 is 1.91 bits per heavy atom. The van der Waals surface area contributed by atoms with E-state index in [1.54, 1.807) is 0 Å². The van der Waals surface area contributed by atoms with Crippen LogP contribution >= 0.6 is 12.4 Å². The topological polar surface area (TPSA) is 50.8 Å². The molecule has 1 N–H and O–H groups in total. The number of para-hydroxylation sites is 2. The van der Waals surface area contributed by atoms with E-state index in [-0.39, 0.29) is 12.4 Å². The van der Waals surface area contributed by atoms with Gasteiger partial charge in [0.25, 0.3) is 0 Å². The van der Waals surface area contributed by atoms with Crippen molar-refractivity contribution >= 4 is 24.2 Å². The van der Waals surface area contributed by atoms with Crippen molar-refractivity contribution in [2.24, 2.45) is 0 Å². The maximum atomic E-state index is 11.7. The van der Waals surface area contributed by atoms with Crippen LogP contribution in [0, 0.1) is 0 Å². The Kier molecular flexibility index (Phi) is 11.3. The monoisotopic (exact) mass is 330 g/mol. The van der Waals surface area contributed by atoms with Gasteiger partial charge in [0.2, 0.25) is 0 Å². The Labute approximate surface area is 139 Å². The van der Waals surface area contributed by atoms with Gasteiger partial charge >= 0.3 is 6.09 Å². The van der Waals surface area contributed by atoms with E-state index >= 15 is 0 Å². The zero-order valence-corrected chi connectivity index (χ0v) is 14.4. The summed E-state index contributed by atoms with van der Waals surface area (Å²) in [5, 5.41) is 2.72. The Morgan fingerprint density at radius 1 is 1.18 bits per heavy atom. The summed E-state index contributed by atoms with van der Waals surface area (Å²) in [6.45, 7) is 3.86. The average molecular weight is 331 g/mol. The number of nitrogens with zero attached hydrogens (tertiary/aromatic N) is 1. The van der Waals surface area contributed by atoms with Crippen molar-refractivity contribution in [3.05, 3.63) is 24.3 Å². The number of anilines is 1. The SMILES string of the molecule is CCCCCOc1ccccc1NC(=O)OCCN(C)C.Cl. The maximum absolute atomic E-state index is 11.7. The molecule has 0 unspecified atom stereocenters. The highest BCUT2D eigenvalue weighted by Crippen LogP contribution is 2.24. The minimum atomic E-state index is -0.457. The molecule has 0 saturated heterocycles. The van der Waals surface area contributed by atoms with Gasteiger partial charge in [-0.3, -0.25) is 5.32 Å². The van der Waals surface area contributed by atoms with E-state index in [1.807, 2.05) is 43.3 Å². The first kappa shape index (κ1) is 20.5. The smallest absolute Gasteiger partial charge is 0.411 e. The molecule has 0 bridgehead atoms. The van der Waals surface area contributed by atoms with E-state index in [2.05, 4.69) is 12.2 Å². The normalized spacial score (nSPS) is 10.0. The molecule has 6 heteroatoms. The second-order valence-electron chi connectivity index (χ2n) is 5.12. The molecule has 126 valence electrons. The predicted octanol–water partition coefficient (Wildman–Crippen LogP) is 3.79. The van der Waals surface area contributed by atoms with E-state index in [0.29, 0.717) is 31.2 Å². The Morgan fingerprint density at radius 3 is 2.59 bits per heavy atom. The molecule has 0 aliphatic rings. The largest absolute Gasteiger partial charge is 0.491 e. The van der Waals surface area contributed by atoms with Crippen LogP contribution in [0.2, 0.25) is 0 Å². The summed E-state index contributed by atoms with van der Waals surface area (Å²) >= 11 is 0. The van der Waals surface area contributed by atoms with Crippen LogP contribution in [0.1, 0.15) is 26.2 Å². The Bertz CT molecular complexity index is 428. The van der Waals surface area contributed by atoms with Gasteiger partial charge in [-0.1, -0.05) is 31.9 Å². The molecule has 0 saturated carbocycles. The molecule has 0 aromatic heterocycles. The molecular weight excluding hydrogens is 304 g/mol. The van der Waals surface area contributed by atoms with Crippen LogP contribution in [0.25, 0.3) is 0 Å². The third kappa shape index (κ3) is 8.74. The first-order chi connectivity index (χ1) is 10.1. The molecule has 1 amide bonds. The van der Waals surface area contributed by atoms with E-state index in [4.69, 9.17) is 9.47 Å². The molecule has 0 atom stereocenters. The molecule has 0 aliphatic carbocycles. The van der Waals surface area contributed by atoms with Gasteiger partial charge in [0.05, 0.1) is 12.3 Å². The lowest BCUT2D eigenvalue weighted by Gasteiger charge is -2.13. The van der Waals surface area contributed by atoms with Crippen molar-refractivity contribution in [1.29, 1.82) is 0 Å². The number of hydrogen-bond donors (Lipinski definition) is 1. The minimum Gasteiger partial charge on any atom is -0.491 e. The van der Waals surface area contributed by atoms with Crippen LogP contribution in [0.15, 0.2) is 24.3 Å². The number of benzene rings is 1. The van der Waals surface area contributed by atoms with Crippen LogP contribution in [-0.4, -0.2) is 44.8 Å². The quantitative estimate of drug-likeness (QED) is 0.700. The Balaban J connectivity index is 0.00000441. The number of ether oxygens (including phenoxy) is 2. The number of amides is 1. The van der Waals surface area contributed by atoms with Crippen molar-refractivity contribution < 1.29 is 14.3 Å². The highest BCUT2D eigenvalue weighted by molar-refractivity contribution is 5.86. The fourth-order valence-corrected chi connectivity index (χ4v) is 1.70. The summed E-state index contributed by atoms with van der Waals surface area (Å²) in [7, 11) is 3.86. The first-order valence-electron chi connectivity index (χ1n) is 7.43. The molecule has 0 radical (unpaired) electrons. The molecule has 1 rings (SSSR count). The number of rotatable bonds is 9. The fourth-order valence-electron chi connectivity index (χ4n) is 1.70. The summed E-state index contributed by atoms with van der Waals surface area (Å²) in [5.74, 6) is 0.679. The van der Waals surface area contributed by atoms with Gasteiger partial charge in [0.15, 0.2) is 0 Å². The number of carbonyl (C=O) groups excluding carboxylic acids is 1. The van der Waals surface area contributed by atoms with Crippen molar-refractivity contribution in [1.82, 2.24) is 4.90 Å². The third-order valence-electron chi connectivity index (χ3n) is 2.90. The van der Waals surface area contributed by atoms with Gasteiger partial charge in [0.1, 0.15) is 12.4 Å². The van der Waals surface area contributed by atoms with Crippen LogP contribution in [0.5, 0.6) is 5.75 Å². The fraction of sp³-hybridized carbons (Fsp3) is 0.562. The zero-order valence-electron chi connectivity index (χ0n) is 13.6. The van der Waals surface area contributed by atoms with E-state index < -0.39 is 6.09 Å². The van der Waals surface area contributed by atoms with Crippen molar-refractivity contribution in [2.45, 2.75) is 26.2 Å². The van der Waals surface area contributed by atoms with Crippen LogP contribution in [-0.2, 0) is 4.74 Å². The van der Waals surface area contributed by atoms with E-state index in [9.17, 15) is 4.79 Å². The van der Waals surface area contributed by atoms with Gasteiger partial charge in [-0.05, 0) is 32.6 Å². The van der Waals surface area contributed by atoms with E-state index in [0.717, 1.165) is 19.3 Å². The molecule has 0 fully saturated rings. The van der Waals surface area contributed by atoms with E-state index in [1.165, 1.54) is 0 Å². The molecule has 0 aliphatic heterocycles. The van der Waals surface area contributed by atoms with Crippen molar-refractivity contribution in [2.75, 3.05) is 39.2 Å². The van der Waals surface area contributed by atoms with Crippen molar-refractivity contribution in [3.63, 3.8) is 0 Å². The third-order valence-corrected chi connectivity index (χ3v) is 2.90. The maximum Gasteiger partial charge on any atom is 0.411 e. The first-order valence-corrected chi connectivity index (χ1v) is 7.43. The zero-order chi connectivity index (χ0) is 15.5. The average Bonchev–Trinajstić information content (AvgIpc) is 2.45. The second kappa shape index (κ2) is 12.1. The summed E-state index contributed by atoms with van der Waals surface area (Å²) in [6.07, 6.45) is 2.85. The van der Waals surface area contributed by atoms with Crippen molar-refractivity contribution in [3.8, 4) is 5.75 Å². The number of halogens is 1. The molecular formula is C16H27ClN2O3. The highest BCUT2D eigenvalue weighted by Gasteiger charge is 2.08. The lowest BCUT2D eigenvalue weighted by molar-refractivity contribution is 0.151. The van der Waals surface area contributed by atoms with Crippen LogP contribution in [0.4, 0.5) is 10.5 Å². The Hall–Kier alpha value is -1.46. The molecule has 1 aromatic rings. The molecule has 5 nitrogen and oxygen atoms in total. The number of hydrogen-bond acceptors (Lipinski definition) is 4. The predicted molar refractivity (Wildman–Crippen MR) is 92.2 cm³/mol. The second-order valence-corrected chi connectivity index (χ2v) is 5.12. The minimum absolute atomic E-state index is 0. The number of unbranched alkanes of at least 4 members (excludes halogenated alkanes) is 2. The summed E-state index contributed by atoms with van der Waals surface area (Å²) in [4.78, 5) is 13.7. The van der Waals surface area contributed by atoms with Gasteiger partial charge in [-0.25, -0.2) is 4.79 Å². The summed E-state index contributed by atoms with van der Waals surface area (Å²) < 4.78 is 10.8. The number of carbonyl (C=O) groups is 1. The molecule has 0 spiro atoms. The van der Waals surface area contributed by atoms with Gasteiger partial charge in [-0.2, -0.15) is 0 Å². The standard InChI is InChI=1S/C16H26N2O3.ClH/c1-4-5-8-12-20-15-10-7-6-9-14(15)17-16(19)21-13-11-18(2)3;/h6-7,9-10H,4-5,8,11-13H2,1-3H3,(H,17,19);1H. The lowest BCUT2D eigenvalue weighted by atomic mass is 10.2. The van der Waals surface area contributed by atoms with Crippen LogP contribution < -0.4 is 10.1 Å². The van der Waals surface area contributed by atoms with Crippen LogP contribution in [0.3, 0.4) is 0 Å². The lowest BCUT2D eigenvalue weighted by Crippen LogP contribution is -2.22. The molecule has 22 heavy (non-hydrogen) atoms. The van der Waals surface area contributed by atoms with Gasteiger partial charge in [-0.15, -0.1) is 12.4 Å². The summed E-state index contributed by atoms with van der Waals surface area (Å²) in [5.41, 5.74) is 0.642. The van der Waals surface area contributed by atoms with Gasteiger partial charge < -0.3 is 14.4 Å². The molecule has 1 aromatic carbocycles. The van der Waals surface area contributed by atoms with Gasteiger partial charge in [0, 0.05) is 6.54 Å². The summed E-state index contributed by atoms with van der Waals surface area (Å²) in [6, 6.07) is 7.40. The molecule has 0 heterocycles. The number of likely N-dealkylation sites (N-methyl/N-ethyl adjacent to an activating group) is 1.